The lowest BCUT2D eigenvalue weighted by Gasteiger charge is -2.14. The topological polar surface area (TPSA) is 86.5 Å². The van der Waals surface area contributed by atoms with Crippen LogP contribution < -0.4 is 20.5 Å². The first-order chi connectivity index (χ1) is 10.2. The van der Waals surface area contributed by atoms with Gasteiger partial charge in [0.1, 0.15) is 0 Å². The molecule has 2 rings (SSSR count). The fourth-order valence-electron chi connectivity index (χ4n) is 2.03. The summed E-state index contributed by atoms with van der Waals surface area (Å²) < 4.78 is 10.6. The molecule has 0 aliphatic carbocycles. The Balaban J connectivity index is 2.23. The van der Waals surface area contributed by atoms with Crippen molar-refractivity contribution in [2.75, 3.05) is 19.5 Å². The number of nitrogens with zero attached hydrogens (tertiary/aromatic N) is 1. The molecule has 1 aromatic heterocycles. The van der Waals surface area contributed by atoms with Gasteiger partial charge < -0.3 is 20.5 Å². The molecule has 0 bridgehead atoms. The number of carbonyl (C=O) groups is 1. The van der Waals surface area contributed by atoms with E-state index in [-0.39, 0.29) is 0 Å². The molecule has 1 amide bonds. The average molecular weight is 287 g/mol. The molecule has 1 aromatic carbocycles. The van der Waals surface area contributed by atoms with Crippen molar-refractivity contribution in [1.82, 2.24) is 4.98 Å². The van der Waals surface area contributed by atoms with Crippen molar-refractivity contribution in [3.8, 4) is 11.5 Å². The molecule has 1 heterocycles. The Bertz CT molecular complexity index is 644. The monoisotopic (exact) mass is 287 g/mol. The van der Waals surface area contributed by atoms with Gasteiger partial charge in [-0.05, 0) is 12.1 Å². The molecule has 0 unspecified atom stereocenters. The number of ether oxygens (including phenoxy) is 2. The predicted octanol–water partition coefficient (Wildman–Crippen LogP) is 1.81. The standard InChI is InChI=1S/C15H17N3O3/c1-20-13-5-3-4-10(14(13)21-2)8-18-12-6-7-17-9-11(12)15(16)19/h3-7,9H,8H2,1-2H3,(H2,16,19)(H,17,18). The molecule has 3 N–H and O–H groups in total. The summed E-state index contributed by atoms with van der Waals surface area (Å²) in [5.74, 6) is 0.784. The summed E-state index contributed by atoms with van der Waals surface area (Å²) in [7, 11) is 3.17. The minimum Gasteiger partial charge on any atom is -0.493 e. The number of hydrogen-bond donors (Lipinski definition) is 2. The van der Waals surface area contributed by atoms with Crippen LogP contribution in [0.4, 0.5) is 5.69 Å². The molecule has 6 nitrogen and oxygen atoms in total. The fourth-order valence-corrected chi connectivity index (χ4v) is 2.03. The van der Waals surface area contributed by atoms with Gasteiger partial charge >= 0.3 is 0 Å². The average Bonchev–Trinajstić information content (AvgIpc) is 2.52. The van der Waals surface area contributed by atoms with Gasteiger partial charge in [-0.1, -0.05) is 12.1 Å². The van der Waals surface area contributed by atoms with Crippen LogP contribution in [0.1, 0.15) is 15.9 Å². The van der Waals surface area contributed by atoms with Crippen LogP contribution in [0.2, 0.25) is 0 Å². The quantitative estimate of drug-likeness (QED) is 0.846. The van der Waals surface area contributed by atoms with Gasteiger partial charge in [0, 0.05) is 24.5 Å². The zero-order valence-electron chi connectivity index (χ0n) is 11.9. The molecule has 0 aliphatic rings. The van der Waals surface area contributed by atoms with E-state index in [0.717, 1.165) is 5.56 Å². The Morgan fingerprint density at radius 1 is 1.29 bits per heavy atom. The van der Waals surface area contributed by atoms with Crippen LogP contribution in [0, 0.1) is 0 Å². The van der Waals surface area contributed by atoms with Crippen LogP contribution in [-0.2, 0) is 6.54 Å². The third kappa shape index (κ3) is 3.22. The molecule has 0 spiro atoms. The summed E-state index contributed by atoms with van der Waals surface area (Å²) in [6, 6.07) is 7.32. The van der Waals surface area contributed by atoms with E-state index in [2.05, 4.69) is 10.3 Å². The zero-order chi connectivity index (χ0) is 15.2. The number of amides is 1. The highest BCUT2D eigenvalue weighted by atomic mass is 16.5. The number of carbonyl (C=O) groups excluding carboxylic acids is 1. The van der Waals surface area contributed by atoms with E-state index in [1.54, 1.807) is 26.5 Å². The van der Waals surface area contributed by atoms with Gasteiger partial charge in [0.2, 0.25) is 0 Å². The molecule has 110 valence electrons. The lowest BCUT2D eigenvalue weighted by atomic mass is 10.1. The number of aromatic nitrogens is 1. The maximum absolute atomic E-state index is 11.4. The first kappa shape index (κ1) is 14.6. The van der Waals surface area contributed by atoms with Gasteiger partial charge in [-0.2, -0.15) is 0 Å². The Morgan fingerprint density at radius 2 is 2.10 bits per heavy atom. The normalized spacial score (nSPS) is 10.0. The molecule has 0 atom stereocenters. The number of pyridine rings is 1. The predicted molar refractivity (Wildman–Crippen MR) is 79.6 cm³/mol. The van der Waals surface area contributed by atoms with Crippen LogP contribution in [0.5, 0.6) is 11.5 Å². The third-order valence-electron chi connectivity index (χ3n) is 3.04. The van der Waals surface area contributed by atoms with Crippen molar-refractivity contribution in [1.29, 1.82) is 0 Å². The van der Waals surface area contributed by atoms with Crippen LogP contribution in [0.25, 0.3) is 0 Å². The molecule has 0 radical (unpaired) electrons. The smallest absolute Gasteiger partial charge is 0.252 e. The first-order valence-electron chi connectivity index (χ1n) is 6.35. The maximum atomic E-state index is 11.4. The van der Waals surface area contributed by atoms with Crippen LogP contribution in [-0.4, -0.2) is 25.1 Å². The van der Waals surface area contributed by atoms with E-state index in [1.165, 1.54) is 6.20 Å². The molecule has 0 saturated heterocycles. The molecular weight excluding hydrogens is 270 g/mol. The summed E-state index contributed by atoms with van der Waals surface area (Å²) in [4.78, 5) is 15.3. The van der Waals surface area contributed by atoms with Gasteiger partial charge in [0.25, 0.3) is 5.91 Å². The highest BCUT2D eigenvalue weighted by Crippen LogP contribution is 2.31. The second-order valence-corrected chi connectivity index (χ2v) is 4.29. The Hall–Kier alpha value is -2.76. The summed E-state index contributed by atoms with van der Waals surface area (Å²) in [5.41, 5.74) is 7.20. The van der Waals surface area contributed by atoms with Crippen molar-refractivity contribution in [2.45, 2.75) is 6.54 Å². The van der Waals surface area contributed by atoms with Crippen LogP contribution in [0.15, 0.2) is 36.7 Å². The van der Waals surface area contributed by atoms with Gasteiger partial charge in [0.15, 0.2) is 11.5 Å². The molecule has 6 heteroatoms. The molecule has 0 fully saturated rings. The van der Waals surface area contributed by atoms with Gasteiger partial charge in [-0.25, -0.2) is 0 Å². The highest BCUT2D eigenvalue weighted by molar-refractivity contribution is 5.98. The zero-order valence-corrected chi connectivity index (χ0v) is 11.9. The second-order valence-electron chi connectivity index (χ2n) is 4.29. The van der Waals surface area contributed by atoms with Gasteiger partial charge in [-0.15, -0.1) is 0 Å². The lowest BCUT2D eigenvalue weighted by Crippen LogP contribution is -2.15. The van der Waals surface area contributed by atoms with E-state index >= 15 is 0 Å². The van der Waals surface area contributed by atoms with E-state index in [1.807, 2.05) is 18.2 Å². The summed E-state index contributed by atoms with van der Waals surface area (Å²) >= 11 is 0. The molecular formula is C15H17N3O3. The SMILES string of the molecule is COc1cccc(CNc2ccncc2C(N)=O)c1OC. The largest absolute Gasteiger partial charge is 0.493 e. The minimum absolute atomic E-state index is 0.347. The lowest BCUT2D eigenvalue weighted by molar-refractivity contribution is 0.100. The van der Waals surface area contributed by atoms with Crippen LogP contribution >= 0.6 is 0 Å². The number of nitrogens with one attached hydrogen (secondary N) is 1. The van der Waals surface area contributed by atoms with Gasteiger partial charge in [0.05, 0.1) is 25.5 Å². The number of primary amides is 1. The van der Waals surface area contributed by atoms with E-state index < -0.39 is 5.91 Å². The van der Waals surface area contributed by atoms with Crippen molar-refractivity contribution in [3.05, 3.63) is 47.8 Å². The summed E-state index contributed by atoms with van der Waals surface area (Å²) in [6.45, 7) is 0.463. The third-order valence-corrected chi connectivity index (χ3v) is 3.04. The minimum atomic E-state index is -0.525. The van der Waals surface area contributed by atoms with Crippen molar-refractivity contribution in [3.63, 3.8) is 0 Å². The van der Waals surface area contributed by atoms with E-state index in [9.17, 15) is 4.79 Å². The molecule has 0 aliphatic heterocycles. The first-order valence-corrected chi connectivity index (χ1v) is 6.35. The summed E-state index contributed by atoms with van der Waals surface area (Å²) in [6.07, 6.45) is 3.03. The number of hydrogen-bond acceptors (Lipinski definition) is 5. The second kappa shape index (κ2) is 6.60. The number of rotatable bonds is 6. The number of nitrogens with two attached hydrogens (primary N) is 1. The highest BCUT2D eigenvalue weighted by Gasteiger charge is 2.11. The summed E-state index contributed by atoms with van der Waals surface area (Å²) in [5, 5.41) is 3.16. The number of benzene rings is 1. The van der Waals surface area contributed by atoms with Gasteiger partial charge in [-0.3, -0.25) is 9.78 Å². The number of methoxy groups -OCH3 is 2. The molecule has 0 saturated carbocycles. The number of anilines is 1. The van der Waals surface area contributed by atoms with Crippen molar-refractivity contribution in [2.24, 2.45) is 5.73 Å². The number of para-hydroxylation sites is 1. The Morgan fingerprint density at radius 3 is 2.76 bits per heavy atom. The van der Waals surface area contributed by atoms with E-state index in [4.69, 9.17) is 15.2 Å². The Kier molecular flexibility index (Phi) is 4.61. The molecule has 21 heavy (non-hydrogen) atoms. The van der Waals surface area contributed by atoms with Crippen LogP contribution in [0.3, 0.4) is 0 Å². The molecule has 2 aromatic rings. The van der Waals surface area contributed by atoms with E-state index in [0.29, 0.717) is 29.3 Å². The fraction of sp³-hybridized carbons (Fsp3) is 0.200. The van der Waals surface area contributed by atoms with Crippen molar-refractivity contribution < 1.29 is 14.3 Å². The van der Waals surface area contributed by atoms with Crippen molar-refractivity contribution >= 4 is 11.6 Å². The maximum Gasteiger partial charge on any atom is 0.252 e. The Labute approximate surface area is 122 Å².